The van der Waals surface area contributed by atoms with Crippen molar-refractivity contribution in [1.82, 2.24) is 0 Å². The lowest BCUT2D eigenvalue weighted by molar-refractivity contribution is -0.123. The second-order valence-electron chi connectivity index (χ2n) is 6.50. The molecule has 2 rings (SSSR count). The van der Waals surface area contributed by atoms with Crippen LogP contribution >= 0.6 is 0 Å². The number of para-hydroxylation sites is 1. The number of amides is 3. The molecule has 7 heteroatoms. The molecule has 2 aromatic rings. The topological polar surface area (TPSA) is 111 Å². The third-order valence-corrected chi connectivity index (χ3v) is 4.38. The first-order chi connectivity index (χ1) is 13.3. The van der Waals surface area contributed by atoms with E-state index in [2.05, 4.69) is 24.5 Å². The molecular formula is C21H25N3O4. The van der Waals surface area contributed by atoms with Crippen molar-refractivity contribution in [2.45, 2.75) is 39.2 Å². The molecule has 0 aromatic heterocycles. The van der Waals surface area contributed by atoms with Gasteiger partial charge in [-0.1, -0.05) is 38.1 Å². The predicted molar refractivity (Wildman–Crippen MR) is 108 cm³/mol. The van der Waals surface area contributed by atoms with Crippen LogP contribution < -0.4 is 16.4 Å². The largest absolute Gasteiger partial charge is 0.449 e. The first kappa shape index (κ1) is 21.0. The molecule has 0 bridgehead atoms. The molecule has 2 aromatic carbocycles. The van der Waals surface area contributed by atoms with Crippen molar-refractivity contribution < 1.29 is 19.1 Å². The number of anilines is 2. The minimum Gasteiger partial charge on any atom is -0.449 e. The van der Waals surface area contributed by atoms with Crippen LogP contribution in [-0.2, 0) is 9.53 Å². The van der Waals surface area contributed by atoms with Crippen LogP contribution in [0.1, 0.15) is 49.0 Å². The Labute approximate surface area is 164 Å². The number of hydrogen-bond acceptors (Lipinski definition) is 4. The lowest BCUT2D eigenvalue weighted by atomic mass is 9.97. The highest BCUT2D eigenvalue weighted by Gasteiger charge is 2.21. The Balaban J connectivity index is 2.05. The number of ether oxygens (including phenoxy) is 1. The van der Waals surface area contributed by atoms with E-state index in [4.69, 9.17) is 10.5 Å². The number of hydrogen-bond donors (Lipinski definition) is 3. The number of rotatable bonds is 7. The Morgan fingerprint density at radius 3 is 2.43 bits per heavy atom. The Morgan fingerprint density at radius 2 is 1.75 bits per heavy atom. The van der Waals surface area contributed by atoms with Gasteiger partial charge in [-0.25, -0.2) is 9.59 Å². The number of benzene rings is 2. The van der Waals surface area contributed by atoms with Crippen molar-refractivity contribution in [3.63, 3.8) is 0 Å². The Bertz CT molecular complexity index is 866. The fourth-order valence-corrected chi connectivity index (χ4v) is 2.64. The van der Waals surface area contributed by atoms with Gasteiger partial charge in [0.2, 0.25) is 0 Å². The van der Waals surface area contributed by atoms with E-state index in [1.165, 1.54) is 19.1 Å². The number of esters is 1. The van der Waals surface area contributed by atoms with Gasteiger partial charge in [0.15, 0.2) is 6.10 Å². The minimum absolute atomic E-state index is 0.200. The second kappa shape index (κ2) is 9.55. The zero-order chi connectivity index (χ0) is 20.7. The number of carbonyl (C=O) groups excluding carboxylic acids is 3. The summed E-state index contributed by atoms with van der Waals surface area (Å²) in [6, 6.07) is 12.9. The molecule has 3 amide bonds. The summed E-state index contributed by atoms with van der Waals surface area (Å²) in [6.07, 6.45) is -0.0575. The third-order valence-electron chi connectivity index (χ3n) is 4.38. The average Bonchev–Trinajstić information content (AvgIpc) is 2.67. The van der Waals surface area contributed by atoms with Gasteiger partial charge in [0.1, 0.15) is 0 Å². The molecular weight excluding hydrogens is 358 g/mol. The van der Waals surface area contributed by atoms with E-state index >= 15 is 0 Å². The maximum absolute atomic E-state index is 12.5. The molecule has 0 heterocycles. The molecule has 0 saturated heterocycles. The maximum atomic E-state index is 12.5. The lowest BCUT2D eigenvalue weighted by Gasteiger charge is -2.18. The molecule has 0 aliphatic rings. The summed E-state index contributed by atoms with van der Waals surface area (Å²) in [5.74, 6) is -0.809. The number of urea groups is 1. The van der Waals surface area contributed by atoms with Gasteiger partial charge in [-0.3, -0.25) is 4.79 Å². The van der Waals surface area contributed by atoms with Gasteiger partial charge < -0.3 is 21.1 Å². The minimum atomic E-state index is -0.995. The van der Waals surface area contributed by atoms with Crippen molar-refractivity contribution >= 4 is 29.3 Å². The van der Waals surface area contributed by atoms with E-state index in [0.29, 0.717) is 11.4 Å². The molecule has 28 heavy (non-hydrogen) atoms. The van der Waals surface area contributed by atoms with E-state index in [1.54, 1.807) is 12.1 Å². The first-order valence-electron chi connectivity index (χ1n) is 9.09. The van der Waals surface area contributed by atoms with Gasteiger partial charge in [0.05, 0.1) is 5.56 Å². The van der Waals surface area contributed by atoms with Crippen LogP contribution in [0.2, 0.25) is 0 Å². The van der Waals surface area contributed by atoms with E-state index in [1.807, 2.05) is 24.3 Å². The molecule has 0 saturated carbocycles. The molecule has 0 spiro atoms. The van der Waals surface area contributed by atoms with Crippen LogP contribution in [0.3, 0.4) is 0 Å². The summed E-state index contributed by atoms with van der Waals surface area (Å²) in [6.45, 7) is 5.67. The molecule has 0 aliphatic heterocycles. The summed E-state index contributed by atoms with van der Waals surface area (Å²) >= 11 is 0. The number of carbonyl (C=O) groups is 3. The molecule has 7 nitrogen and oxygen atoms in total. The summed E-state index contributed by atoms with van der Waals surface area (Å²) < 4.78 is 5.26. The Morgan fingerprint density at radius 1 is 1.04 bits per heavy atom. The fourth-order valence-electron chi connectivity index (χ4n) is 2.64. The molecule has 4 N–H and O–H groups in total. The zero-order valence-electron chi connectivity index (χ0n) is 16.2. The monoisotopic (exact) mass is 383 g/mol. The quantitative estimate of drug-likeness (QED) is 0.630. The second-order valence-corrected chi connectivity index (χ2v) is 6.50. The van der Waals surface area contributed by atoms with Crippen molar-refractivity contribution in [3.05, 3.63) is 59.7 Å². The Hall–Kier alpha value is -3.35. The van der Waals surface area contributed by atoms with E-state index in [0.717, 1.165) is 12.0 Å². The van der Waals surface area contributed by atoms with Crippen LogP contribution in [0.4, 0.5) is 16.2 Å². The molecule has 0 fully saturated rings. The van der Waals surface area contributed by atoms with Crippen LogP contribution in [-0.4, -0.2) is 24.0 Å². The smallest absolute Gasteiger partial charge is 0.338 e. The summed E-state index contributed by atoms with van der Waals surface area (Å²) in [4.78, 5) is 35.7. The van der Waals surface area contributed by atoms with Gasteiger partial charge in [-0.05, 0) is 49.1 Å². The molecule has 0 aliphatic carbocycles. The van der Waals surface area contributed by atoms with Crippen LogP contribution in [0.25, 0.3) is 0 Å². The highest BCUT2D eigenvalue weighted by Crippen LogP contribution is 2.26. The van der Waals surface area contributed by atoms with E-state index in [9.17, 15) is 14.4 Å². The maximum Gasteiger partial charge on any atom is 0.338 e. The normalized spacial score (nSPS) is 12.5. The first-order valence-corrected chi connectivity index (χ1v) is 9.09. The summed E-state index contributed by atoms with van der Waals surface area (Å²) in [7, 11) is 0. The number of nitrogens with two attached hydrogens (primary N) is 1. The molecule has 0 unspecified atom stereocenters. The zero-order valence-corrected chi connectivity index (χ0v) is 16.2. The highest BCUT2D eigenvalue weighted by molar-refractivity contribution is 5.98. The summed E-state index contributed by atoms with van der Waals surface area (Å²) in [5.41, 5.74) is 7.37. The number of primary amides is 1. The lowest BCUT2D eigenvalue weighted by Crippen LogP contribution is -2.30. The van der Waals surface area contributed by atoms with E-state index < -0.39 is 24.0 Å². The van der Waals surface area contributed by atoms with Crippen LogP contribution in [0, 0.1) is 0 Å². The van der Waals surface area contributed by atoms with Gasteiger partial charge in [-0.15, -0.1) is 0 Å². The fraction of sp³-hybridized carbons (Fsp3) is 0.286. The molecule has 2 atom stereocenters. The van der Waals surface area contributed by atoms with Gasteiger partial charge in [0.25, 0.3) is 5.91 Å². The average molecular weight is 383 g/mol. The van der Waals surface area contributed by atoms with E-state index in [-0.39, 0.29) is 11.5 Å². The number of nitrogens with one attached hydrogen (secondary N) is 2. The highest BCUT2D eigenvalue weighted by atomic mass is 16.5. The predicted octanol–water partition coefficient (Wildman–Crippen LogP) is 3.87. The van der Waals surface area contributed by atoms with Gasteiger partial charge >= 0.3 is 12.0 Å². The van der Waals surface area contributed by atoms with Crippen molar-refractivity contribution in [3.8, 4) is 0 Å². The van der Waals surface area contributed by atoms with Crippen molar-refractivity contribution in [2.24, 2.45) is 5.73 Å². The Kier molecular flexibility index (Phi) is 7.14. The standard InChI is InChI=1S/C21H25N3O4/c1-4-13(2)17-10-5-6-11-18(17)24-19(25)14(3)28-20(26)15-8-7-9-16(12-15)23-21(22)27/h5-14H,4H2,1-3H3,(H,24,25)(H3,22,23,27)/t13-,14-/m1/s1. The van der Waals surface area contributed by atoms with Crippen LogP contribution in [0.5, 0.6) is 0 Å². The SMILES string of the molecule is CC[C@@H](C)c1ccccc1NC(=O)[C@@H](C)OC(=O)c1cccc(NC(N)=O)c1. The molecule has 0 radical (unpaired) electrons. The van der Waals surface area contributed by atoms with Gasteiger partial charge in [-0.2, -0.15) is 0 Å². The molecule has 148 valence electrons. The van der Waals surface area contributed by atoms with Crippen molar-refractivity contribution in [2.75, 3.05) is 10.6 Å². The van der Waals surface area contributed by atoms with Crippen LogP contribution in [0.15, 0.2) is 48.5 Å². The third kappa shape index (κ3) is 5.57. The van der Waals surface area contributed by atoms with Gasteiger partial charge in [0, 0.05) is 11.4 Å². The summed E-state index contributed by atoms with van der Waals surface area (Å²) in [5, 5.41) is 5.21. The van der Waals surface area contributed by atoms with Crippen molar-refractivity contribution in [1.29, 1.82) is 0 Å².